The summed E-state index contributed by atoms with van der Waals surface area (Å²) in [5, 5.41) is 20.2. The van der Waals surface area contributed by atoms with E-state index in [1.165, 1.54) is 0 Å². The van der Waals surface area contributed by atoms with Gasteiger partial charge in [0.1, 0.15) is 17.1 Å². The van der Waals surface area contributed by atoms with Gasteiger partial charge < -0.3 is 30.5 Å². The van der Waals surface area contributed by atoms with E-state index in [1.807, 2.05) is 77.9 Å². The highest BCUT2D eigenvalue weighted by Gasteiger charge is 2.33. The molecule has 1 saturated carbocycles. The molecule has 0 heterocycles. The number of ether oxygens (including phenoxy) is 2. The summed E-state index contributed by atoms with van der Waals surface area (Å²) in [6, 6.07) is 11.1. The highest BCUT2D eigenvalue weighted by atomic mass is 16.6. The molecular weight excluding hydrogens is 482 g/mol. The van der Waals surface area contributed by atoms with Crippen LogP contribution in [-0.4, -0.2) is 36.0 Å². The van der Waals surface area contributed by atoms with E-state index >= 15 is 0 Å². The first-order valence-corrected chi connectivity index (χ1v) is 13.3. The Labute approximate surface area is 226 Å². The maximum atomic E-state index is 13.0. The molecule has 0 aromatic heterocycles. The standard InChI is InChI=1S/C30H43N3O5/c1-29(2,3)22-17-23(37-7)24(20-13-15-21(16-14-20)32-28(36)38-30(4,5)6)25(26(22)34)33-27(35)31-18-19-11-9-8-10-12-19/h8-12,17,20-21,34H,13-16,18H2,1-7H3,(H,32,36)(H2,31,33,35). The Morgan fingerprint density at radius 2 is 1.63 bits per heavy atom. The maximum absolute atomic E-state index is 13.0. The average molecular weight is 526 g/mol. The van der Waals surface area contributed by atoms with E-state index in [-0.39, 0.29) is 23.1 Å². The number of carbonyl (C=O) groups excluding carboxylic acids is 2. The molecule has 0 radical (unpaired) electrons. The van der Waals surface area contributed by atoms with Crippen molar-refractivity contribution < 1.29 is 24.2 Å². The Bertz CT molecular complexity index is 1110. The van der Waals surface area contributed by atoms with Gasteiger partial charge in [-0.1, -0.05) is 51.1 Å². The van der Waals surface area contributed by atoms with Crippen molar-refractivity contribution in [3.8, 4) is 11.5 Å². The number of rotatable bonds is 6. The summed E-state index contributed by atoms with van der Waals surface area (Å²) >= 11 is 0. The number of aromatic hydroxyl groups is 1. The summed E-state index contributed by atoms with van der Waals surface area (Å²) < 4.78 is 11.2. The molecule has 4 N–H and O–H groups in total. The summed E-state index contributed by atoms with van der Waals surface area (Å²) in [5.74, 6) is 0.720. The molecule has 0 unspecified atom stereocenters. The first-order valence-electron chi connectivity index (χ1n) is 13.3. The fraction of sp³-hybridized carbons (Fsp3) is 0.533. The maximum Gasteiger partial charge on any atom is 0.407 e. The molecule has 0 spiro atoms. The van der Waals surface area contributed by atoms with E-state index in [0.717, 1.165) is 36.8 Å². The van der Waals surface area contributed by atoms with Crippen molar-refractivity contribution in [2.24, 2.45) is 0 Å². The van der Waals surface area contributed by atoms with Crippen molar-refractivity contribution in [2.75, 3.05) is 12.4 Å². The van der Waals surface area contributed by atoms with Crippen LogP contribution in [0.3, 0.4) is 0 Å². The molecule has 0 bridgehead atoms. The third kappa shape index (κ3) is 7.79. The average Bonchev–Trinajstić information content (AvgIpc) is 2.83. The van der Waals surface area contributed by atoms with Gasteiger partial charge in [0, 0.05) is 23.7 Å². The van der Waals surface area contributed by atoms with Gasteiger partial charge in [0.05, 0.1) is 12.8 Å². The lowest BCUT2D eigenvalue weighted by atomic mass is 9.78. The molecule has 1 aliphatic carbocycles. The Morgan fingerprint density at radius 1 is 1.00 bits per heavy atom. The third-order valence-corrected chi connectivity index (χ3v) is 6.72. The van der Waals surface area contributed by atoms with Crippen LogP contribution in [0.15, 0.2) is 36.4 Å². The monoisotopic (exact) mass is 525 g/mol. The van der Waals surface area contributed by atoms with Gasteiger partial charge >= 0.3 is 12.1 Å². The van der Waals surface area contributed by atoms with Crippen molar-refractivity contribution in [3.05, 3.63) is 53.1 Å². The van der Waals surface area contributed by atoms with E-state index in [2.05, 4.69) is 16.0 Å². The second kappa shape index (κ2) is 12.0. The molecule has 3 amide bonds. The predicted octanol–water partition coefficient (Wildman–Crippen LogP) is 6.57. The first kappa shape index (κ1) is 29.1. The summed E-state index contributed by atoms with van der Waals surface area (Å²) in [6.07, 6.45) is 2.59. The quantitative estimate of drug-likeness (QED) is 0.319. The zero-order chi connectivity index (χ0) is 28.1. The summed E-state index contributed by atoms with van der Waals surface area (Å²) in [5.41, 5.74) is 1.90. The molecule has 208 valence electrons. The Balaban J connectivity index is 1.84. The lowest BCUT2D eigenvalue weighted by Crippen LogP contribution is -2.40. The van der Waals surface area contributed by atoms with Crippen molar-refractivity contribution in [2.45, 2.75) is 96.7 Å². The molecule has 0 saturated heterocycles. The number of phenols is 1. The Morgan fingerprint density at radius 3 is 2.18 bits per heavy atom. The summed E-state index contributed by atoms with van der Waals surface area (Å²) in [4.78, 5) is 25.2. The fourth-order valence-electron chi connectivity index (χ4n) is 4.87. The second-order valence-corrected chi connectivity index (χ2v) is 12.0. The number of methoxy groups -OCH3 is 1. The molecule has 8 heteroatoms. The highest BCUT2D eigenvalue weighted by molar-refractivity contribution is 5.93. The molecule has 38 heavy (non-hydrogen) atoms. The number of hydrogen-bond acceptors (Lipinski definition) is 5. The van der Waals surface area contributed by atoms with Gasteiger partial charge in [0.2, 0.25) is 0 Å². The molecule has 0 atom stereocenters. The number of nitrogens with one attached hydrogen (secondary N) is 3. The minimum atomic E-state index is -0.553. The van der Waals surface area contributed by atoms with Gasteiger partial charge in [-0.15, -0.1) is 0 Å². The predicted molar refractivity (Wildman–Crippen MR) is 150 cm³/mol. The van der Waals surface area contributed by atoms with Gasteiger partial charge in [0.25, 0.3) is 0 Å². The van der Waals surface area contributed by atoms with Crippen LogP contribution in [-0.2, 0) is 16.7 Å². The number of benzene rings is 2. The third-order valence-electron chi connectivity index (χ3n) is 6.72. The molecule has 8 nitrogen and oxygen atoms in total. The largest absolute Gasteiger partial charge is 0.505 e. The van der Waals surface area contributed by atoms with Crippen LogP contribution in [0.4, 0.5) is 15.3 Å². The van der Waals surface area contributed by atoms with Crippen molar-refractivity contribution in [1.29, 1.82) is 0 Å². The number of alkyl carbamates (subject to hydrolysis) is 1. The Kier molecular flexibility index (Phi) is 9.18. The molecule has 2 aromatic carbocycles. The van der Waals surface area contributed by atoms with Gasteiger partial charge in [-0.05, 0) is 69.4 Å². The lowest BCUT2D eigenvalue weighted by molar-refractivity contribution is 0.0491. The van der Waals surface area contributed by atoms with Crippen molar-refractivity contribution in [1.82, 2.24) is 10.6 Å². The number of carbonyl (C=O) groups is 2. The topological polar surface area (TPSA) is 109 Å². The van der Waals surface area contributed by atoms with Crippen LogP contribution >= 0.6 is 0 Å². The Hall–Kier alpha value is -3.42. The molecule has 1 aliphatic rings. The zero-order valence-electron chi connectivity index (χ0n) is 23.7. The minimum Gasteiger partial charge on any atom is -0.505 e. The molecule has 2 aromatic rings. The smallest absolute Gasteiger partial charge is 0.407 e. The van der Waals surface area contributed by atoms with E-state index in [0.29, 0.717) is 23.5 Å². The van der Waals surface area contributed by atoms with Crippen LogP contribution in [0.1, 0.15) is 89.8 Å². The fourth-order valence-corrected chi connectivity index (χ4v) is 4.87. The van der Waals surface area contributed by atoms with Gasteiger partial charge in [0.15, 0.2) is 0 Å². The minimum absolute atomic E-state index is 0.000111. The summed E-state index contributed by atoms with van der Waals surface area (Å²) in [6.45, 7) is 11.9. The number of anilines is 1. The van der Waals surface area contributed by atoms with E-state index in [4.69, 9.17) is 9.47 Å². The van der Waals surface area contributed by atoms with Crippen molar-refractivity contribution >= 4 is 17.8 Å². The van der Waals surface area contributed by atoms with Crippen LogP contribution in [0.25, 0.3) is 0 Å². The second-order valence-electron chi connectivity index (χ2n) is 12.0. The molecule has 1 fully saturated rings. The first-order chi connectivity index (χ1) is 17.8. The number of amides is 3. The zero-order valence-corrected chi connectivity index (χ0v) is 23.7. The van der Waals surface area contributed by atoms with Crippen LogP contribution in [0.2, 0.25) is 0 Å². The lowest BCUT2D eigenvalue weighted by Gasteiger charge is -2.33. The van der Waals surface area contributed by atoms with Gasteiger partial charge in [-0.2, -0.15) is 0 Å². The molecular formula is C30H43N3O5. The number of urea groups is 1. The van der Waals surface area contributed by atoms with Crippen LogP contribution in [0.5, 0.6) is 11.5 Å². The normalized spacial score (nSPS) is 17.9. The van der Waals surface area contributed by atoms with Gasteiger partial charge in [-0.25, -0.2) is 9.59 Å². The summed E-state index contributed by atoms with van der Waals surface area (Å²) in [7, 11) is 1.61. The number of phenolic OH excluding ortho intramolecular Hbond substituents is 1. The molecule has 0 aliphatic heterocycles. The van der Waals surface area contributed by atoms with E-state index < -0.39 is 17.7 Å². The van der Waals surface area contributed by atoms with E-state index in [1.54, 1.807) is 7.11 Å². The van der Waals surface area contributed by atoms with E-state index in [9.17, 15) is 14.7 Å². The van der Waals surface area contributed by atoms with Crippen LogP contribution in [0, 0.1) is 0 Å². The highest BCUT2D eigenvalue weighted by Crippen LogP contribution is 2.49. The van der Waals surface area contributed by atoms with Crippen molar-refractivity contribution in [3.63, 3.8) is 0 Å². The SMILES string of the molecule is COc1cc(C(C)(C)C)c(O)c(NC(=O)NCc2ccccc2)c1C1CCC(NC(=O)OC(C)(C)C)CC1. The number of hydrogen-bond donors (Lipinski definition) is 4. The van der Waals surface area contributed by atoms with Crippen LogP contribution < -0.4 is 20.7 Å². The van der Waals surface area contributed by atoms with Gasteiger partial charge in [-0.3, -0.25) is 0 Å². The molecule has 3 rings (SSSR count).